The molecule has 0 saturated carbocycles. The van der Waals surface area contributed by atoms with Gasteiger partial charge in [0.25, 0.3) is 0 Å². The summed E-state index contributed by atoms with van der Waals surface area (Å²) in [6.07, 6.45) is -0.601. The summed E-state index contributed by atoms with van der Waals surface area (Å²) in [6.45, 7) is 12.1. The fourth-order valence-electron chi connectivity index (χ4n) is 1.82. The lowest BCUT2D eigenvalue weighted by atomic mass is 10.1. The largest absolute Gasteiger partial charge is 0.494 e. The third-order valence-electron chi connectivity index (χ3n) is 2.67. The van der Waals surface area contributed by atoms with Gasteiger partial charge >= 0.3 is 6.09 Å². The zero-order chi connectivity index (χ0) is 17.5. The van der Waals surface area contributed by atoms with Gasteiger partial charge in [-0.05, 0) is 59.7 Å². The van der Waals surface area contributed by atoms with Crippen LogP contribution in [0.15, 0.2) is 23.3 Å². The van der Waals surface area contributed by atoms with Crippen LogP contribution in [0.4, 0.5) is 4.79 Å². The zero-order valence-corrected chi connectivity index (χ0v) is 14.7. The highest BCUT2D eigenvalue weighted by Gasteiger charge is 2.16. The van der Waals surface area contributed by atoms with Crippen LogP contribution in [0.5, 0.6) is 11.5 Å². The number of carbonyl (C=O) groups excluding carboxylic acids is 1. The number of amides is 1. The standard InChI is InChI=1S/C17H26N2O4/c1-7-21-13-9-10-15(22-8-2)14(11-13)12(3)18-19-16(20)23-17(4,5)6/h9-11H,7-8H2,1-6H3,(H,19,20)/b18-12-. The number of ether oxygens (including phenoxy) is 3. The molecule has 1 aromatic carbocycles. The lowest BCUT2D eigenvalue weighted by Crippen LogP contribution is -2.30. The molecule has 0 fully saturated rings. The number of nitrogens with one attached hydrogen (secondary N) is 1. The van der Waals surface area contributed by atoms with Crippen LogP contribution in [0.3, 0.4) is 0 Å². The van der Waals surface area contributed by atoms with Gasteiger partial charge in [0.1, 0.15) is 17.1 Å². The summed E-state index contributed by atoms with van der Waals surface area (Å²) in [7, 11) is 0. The Morgan fingerprint density at radius 1 is 1.17 bits per heavy atom. The summed E-state index contributed by atoms with van der Waals surface area (Å²) in [6, 6.07) is 5.51. The number of nitrogens with zero attached hydrogens (tertiary/aromatic N) is 1. The second-order valence-electron chi connectivity index (χ2n) is 5.83. The lowest BCUT2D eigenvalue weighted by Gasteiger charge is -2.18. The average molecular weight is 322 g/mol. The van der Waals surface area contributed by atoms with Crippen molar-refractivity contribution in [2.45, 2.75) is 47.1 Å². The summed E-state index contributed by atoms with van der Waals surface area (Å²) in [5.74, 6) is 1.40. The van der Waals surface area contributed by atoms with Crippen molar-refractivity contribution in [3.8, 4) is 11.5 Å². The Labute approximate surface area is 137 Å². The normalized spacial score (nSPS) is 11.8. The van der Waals surface area contributed by atoms with Crippen LogP contribution in [-0.2, 0) is 4.74 Å². The first-order valence-electron chi connectivity index (χ1n) is 7.70. The molecule has 1 aromatic rings. The Hall–Kier alpha value is -2.24. The van der Waals surface area contributed by atoms with E-state index >= 15 is 0 Å². The van der Waals surface area contributed by atoms with E-state index in [1.165, 1.54) is 0 Å². The molecular weight excluding hydrogens is 296 g/mol. The van der Waals surface area contributed by atoms with Crippen LogP contribution in [0, 0.1) is 0 Å². The van der Waals surface area contributed by atoms with Crippen molar-refractivity contribution in [2.75, 3.05) is 13.2 Å². The maximum atomic E-state index is 11.7. The minimum atomic E-state index is -0.601. The van der Waals surface area contributed by atoms with Crippen molar-refractivity contribution in [1.82, 2.24) is 5.43 Å². The minimum Gasteiger partial charge on any atom is -0.494 e. The van der Waals surface area contributed by atoms with Crippen molar-refractivity contribution in [1.29, 1.82) is 0 Å². The zero-order valence-electron chi connectivity index (χ0n) is 14.7. The van der Waals surface area contributed by atoms with E-state index in [-0.39, 0.29) is 0 Å². The van der Waals surface area contributed by atoms with Crippen molar-refractivity contribution < 1.29 is 19.0 Å². The van der Waals surface area contributed by atoms with E-state index in [1.807, 2.05) is 32.0 Å². The quantitative estimate of drug-likeness (QED) is 0.640. The molecular formula is C17H26N2O4. The highest BCUT2D eigenvalue weighted by atomic mass is 16.6. The van der Waals surface area contributed by atoms with Crippen molar-refractivity contribution in [2.24, 2.45) is 5.10 Å². The first kappa shape index (κ1) is 18.8. The predicted octanol–water partition coefficient (Wildman–Crippen LogP) is 3.73. The van der Waals surface area contributed by atoms with Gasteiger partial charge in [-0.25, -0.2) is 10.2 Å². The average Bonchev–Trinajstić information content (AvgIpc) is 2.45. The molecule has 0 spiro atoms. The molecule has 0 radical (unpaired) electrons. The van der Waals surface area contributed by atoms with E-state index < -0.39 is 11.7 Å². The topological polar surface area (TPSA) is 69.2 Å². The maximum Gasteiger partial charge on any atom is 0.428 e. The van der Waals surface area contributed by atoms with Gasteiger partial charge in [-0.1, -0.05) is 0 Å². The highest BCUT2D eigenvalue weighted by molar-refractivity contribution is 6.01. The monoisotopic (exact) mass is 322 g/mol. The van der Waals surface area contributed by atoms with Crippen LogP contribution in [-0.4, -0.2) is 30.6 Å². The molecule has 0 aliphatic rings. The smallest absolute Gasteiger partial charge is 0.428 e. The number of rotatable bonds is 6. The molecule has 0 bridgehead atoms. The van der Waals surface area contributed by atoms with Gasteiger partial charge in [-0.15, -0.1) is 0 Å². The molecule has 0 saturated heterocycles. The van der Waals surface area contributed by atoms with Crippen LogP contribution < -0.4 is 14.9 Å². The molecule has 0 heterocycles. The first-order chi connectivity index (χ1) is 10.8. The SMILES string of the molecule is CCOc1ccc(OCC)c(/C(C)=N\NC(=O)OC(C)(C)C)c1. The predicted molar refractivity (Wildman–Crippen MR) is 90.4 cm³/mol. The summed E-state index contributed by atoms with van der Waals surface area (Å²) < 4.78 is 16.2. The summed E-state index contributed by atoms with van der Waals surface area (Å²) in [5.41, 5.74) is 3.17. The number of benzene rings is 1. The van der Waals surface area contributed by atoms with Gasteiger partial charge < -0.3 is 14.2 Å². The Morgan fingerprint density at radius 2 is 1.83 bits per heavy atom. The molecule has 1 rings (SSSR count). The van der Waals surface area contributed by atoms with Gasteiger partial charge in [0.15, 0.2) is 0 Å². The number of hydrogen-bond acceptors (Lipinski definition) is 5. The van der Waals surface area contributed by atoms with Crippen LogP contribution in [0.1, 0.15) is 47.1 Å². The van der Waals surface area contributed by atoms with Crippen LogP contribution in [0.25, 0.3) is 0 Å². The molecule has 6 heteroatoms. The molecule has 128 valence electrons. The molecule has 0 aliphatic carbocycles. The van der Waals surface area contributed by atoms with Gasteiger partial charge in [-0.3, -0.25) is 0 Å². The van der Waals surface area contributed by atoms with Crippen molar-refractivity contribution in [3.05, 3.63) is 23.8 Å². The number of hydrazone groups is 1. The number of carbonyl (C=O) groups is 1. The molecule has 1 N–H and O–H groups in total. The number of hydrogen-bond donors (Lipinski definition) is 1. The van der Waals surface area contributed by atoms with Gasteiger partial charge in [0.2, 0.25) is 0 Å². The van der Waals surface area contributed by atoms with Gasteiger partial charge in [-0.2, -0.15) is 5.10 Å². The highest BCUT2D eigenvalue weighted by Crippen LogP contribution is 2.25. The minimum absolute atomic E-state index is 0.535. The van der Waals surface area contributed by atoms with Crippen molar-refractivity contribution in [3.63, 3.8) is 0 Å². The Bertz CT molecular complexity index is 562. The van der Waals surface area contributed by atoms with Crippen LogP contribution >= 0.6 is 0 Å². The Kier molecular flexibility index (Phi) is 6.88. The first-order valence-corrected chi connectivity index (χ1v) is 7.70. The van der Waals surface area contributed by atoms with E-state index in [9.17, 15) is 4.79 Å². The third kappa shape index (κ3) is 6.59. The second-order valence-corrected chi connectivity index (χ2v) is 5.83. The van der Waals surface area contributed by atoms with E-state index in [0.29, 0.717) is 24.7 Å². The van der Waals surface area contributed by atoms with E-state index in [1.54, 1.807) is 27.7 Å². The summed E-state index contributed by atoms with van der Waals surface area (Å²) in [5, 5.41) is 4.08. The molecule has 0 unspecified atom stereocenters. The van der Waals surface area contributed by atoms with Crippen molar-refractivity contribution >= 4 is 11.8 Å². The fourth-order valence-corrected chi connectivity index (χ4v) is 1.82. The molecule has 1 amide bonds. The van der Waals surface area contributed by atoms with Crippen LogP contribution in [0.2, 0.25) is 0 Å². The van der Waals surface area contributed by atoms with E-state index in [4.69, 9.17) is 14.2 Å². The Balaban J connectivity index is 2.95. The van der Waals surface area contributed by atoms with E-state index in [0.717, 1.165) is 11.3 Å². The summed E-state index contributed by atoms with van der Waals surface area (Å²) in [4.78, 5) is 11.7. The summed E-state index contributed by atoms with van der Waals surface area (Å²) >= 11 is 0. The lowest BCUT2D eigenvalue weighted by molar-refractivity contribution is 0.0529. The molecule has 0 aliphatic heterocycles. The fraction of sp³-hybridized carbons (Fsp3) is 0.529. The second kappa shape index (κ2) is 8.41. The maximum absolute atomic E-state index is 11.7. The molecule has 0 atom stereocenters. The van der Waals surface area contributed by atoms with E-state index in [2.05, 4.69) is 10.5 Å². The molecule has 0 aromatic heterocycles. The Morgan fingerprint density at radius 3 is 2.39 bits per heavy atom. The third-order valence-corrected chi connectivity index (χ3v) is 2.67. The van der Waals surface area contributed by atoms with Gasteiger partial charge in [0, 0.05) is 5.56 Å². The molecule has 23 heavy (non-hydrogen) atoms. The van der Waals surface area contributed by atoms with Gasteiger partial charge in [0.05, 0.1) is 18.9 Å². The molecule has 6 nitrogen and oxygen atoms in total.